The molecule has 21 heavy (non-hydrogen) atoms. The molecule has 0 heterocycles. The Labute approximate surface area is 141 Å². The Morgan fingerprint density at radius 2 is 1.67 bits per heavy atom. The first-order chi connectivity index (χ1) is 10.00. The predicted molar refractivity (Wildman–Crippen MR) is 91.9 cm³/mol. The van der Waals surface area contributed by atoms with Gasteiger partial charge in [0, 0.05) is 0 Å². The van der Waals surface area contributed by atoms with Crippen LogP contribution in [0.3, 0.4) is 0 Å². The van der Waals surface area contributed by atoms with Crippen LogP contribution < -0.4 is 0 Å². The first kappa shape index (κ1) is 16.2. The number of hydrogen-bond donors (Lipinski definition) is 0. The Morgan fingerprint density at radius 1 is 1.10 bits per heavy atom. The lowest BCUT2D eigenvalue weighted by Gasteiger charge is -2.30. The highest BCUT2D eigenvalue weighted by Gasteiger charge is 2.46. The summed E-state index contributed by atoms with van der Waals surface area (Å²) in [5.41, 5.74) is 3.00. The van der Waals surface area contributed by atoms with E-state index in [1.807, 2.05) is 61.5 Å². The maximum atomic E-state index is 12.4. The van der Waals surface area contributed by atoms with E-state index in [1.165, 1.54) is 7.11 Å². The molecule has 0 unspecified atom stereocenters. The van der Waals surface area contributed by atoms with Crippen LogP contribution in [0, 0.1) is 6.92 Å². The average molecular weight is 412 g/mol. The molecular weight excluding hydrogens is 396 g/mol. The van der Waals surface area contributed by atoms with Crippen molar-refractivity contribution < 1.29 is 9.53 Å². The van der Waals surface area contributed by atoms with Gasteiger partial charge in [-0.05, 0) is 18.1 Å². The van der Waals surface area contributed by atoms with Crippen LogP contribution in [-0.4, -0.2) is 13.1 Å². The highest BCUT2D eigenvalue weighted by Crippen LogP contribution is 2.49. The summed E-state index contributed by atoms with van der Waals surface area (Å²) in [6, 6.07) is 17.7. The van der Waals surface area contributed by atoms with Crippen LogP contribution in [0.25, 0.3) is 0 Å². The number of rotatable bonds is 4. The van der Waals surface area contributed by atoms with Crippen molar-refractivity contribution in [1.82, 2.24) is 0 Å². The molecule has 0 aliphatic heterocycles. The molecule has 110 valence electrons. The number of methoxy groups -OCH3 is 1. The van der Waals surface area contributed by atoms with Crippen molar-refractivity contribution in [2.75, 3.05) is 7.11 Å². The number of hydrogen-bond acceptors (Lipinski definition) is 2. The van der Waals surface area contributed by atoms with Crippen LogP contribution in [0.15, 0.2) is 54.6 Å². The predicted octanol–water partition coefficient (Wildman–Crippen LogP) is 4.89. The van der Waals surface area contributed by atoms with Crippen LogP contribution in [-0.2, 0) is 13.9 Å². The Bertz CT molecular complexity index is 610. The lowest BCUT2D eigenvalue weighted by Crippen LogP contribution is -2.34. The molecule has 2 rings (SSSR count). The van der Waals surface area contributed by atoms with Gasteiger partial charge in [0.2, 0.25) is 0 Å². The number of alkyl halides is 2. The second-order valence-corrected chi connectivity index (χ2v) is 7.01. The lowest BCUT2D eigenvalue weighted by molar-refractivity contribution is -0.143. The number of halogens is 2. The van der Waals surface area contributed by atoms with Gasteiger partial charge >= 0.3 is 5.97 Å². The fourth-order valence-electron chi connectivity index (χ4n) is 2.16. The standard InChI is InChI=1S/C17H16Br2O2/c1-12-8-10-14(11-9-12)17(19,16(20)21-2)15(18)13-6-4-3-5-7-13/h3-11,15H,1-2H3/t15-,17-/m0/s1. The average Bonchev–Trinajstić information content (AvgIpc) is 2.54. The summed E-state index contributed by atoms with van der Waals surface area (Å²) in [4.78, 5) is 12.2. The van der Waals surface area contributed by atoms with Gasteiger partial charge in [-0.15, -0.1) is 0 Å². The number of carbonyl (C=O) groups is 1. The van der Waals surface area contributed by atoms with Crippen molar-refractivity contribution in [2.24, 2.45) is 0 Å². The molecule has 4 heteroatoms. The van der Waals surface area contributed by atoms with Gasteiger partial charge in [-0.2, -0.15) is 0 Å². The van der Waals surface area contributed by atoms with E-state index in [-0.39, 0.29) is 10.8 Å². The van der Waals surface area contributed by atoms with Crippen LogP contribution >= 0.6 is 31.9 Å². The van der Waals surface area contributed by atoms with Crippen molar-refractivity contribution in [3.05, 3.63) is 71.3 Å². The minimum Gasteiger partial charge on any atom is -0.468 e. The molecule has 2 aromatic rings. The van der Waals surface area contributed by atoms with E-state index in [0.29, 0.717) is 0 Å². The van der Waals surface area contributed by atoms with Crippen LogP contribution in [0.4, 0.5) is 0 Å². The van der Waals surface area contributed by atoms with E-state index >= 15 is 0 Å². The van der Waals surface area contributed by atoms with Gasteiger partial charge in [0.15, 0.2) is 4.32 Å². The Balaban J connectivity index is 2.52. The van der Waals surface area contributed by atoms with E-state index in [1.54, 1.807) is 0 Å². The number of aryl methyl sites for hydroxylation is 1. The van der Waals surface area contributed by atoms with Crippen LogP contribution in [0.1, 0.15) is 21.5 Å². The Kier molecular flexibility index (Phi) is 5.22. The van der Waals surface area contributed by atoms with Crippen LogP contribution in [0.2, 0.25) is 0 Å². The molecular formula is C17H16Br2O2. The van der Waals surface area contributed by atoms with Crippen LogP contribution in [0.5, 0.6) is 0 Å². The largest absolute Gasteiger partial charge is 0.468 e. The molecule has 0 N–H and O–H groups in total. The molecule has 0 saturated carbocycles. The molecule has 0 aromatic heterocycles. The van der Waals surface area contributed by atoms with Gasteiger partial charge in [0.25, 0.3) is 0 Å². The van der Waals surface area contributed by atoms with Gasteiger partial charge in [-0.25, -0.2) is 0 Å². The number of esters is 1. The molecule has 0 fully saturated rings. The summed E-state index contributed by atoms with van der Waals surface area (Å²) >= 11 is 7.28. The lowest BCUT2D eigenvalue weighted by atomic mass is 9.91. The smallest absolute Gasteiger partial charge is 0.328 e. The van der Waals surface area contributed by atoms with Crippen molar-refractivity contribution in [1.29, 1.82) is 0 Å². The quantitative estimate of drug-likeness (QED) is 0.528. The van der Waals surface area contributed by atoms with Gasteiger partial charge < -0.3 is 4.74 Å². The molecule has 2 nitrogen and oxygen atoms in total. The maximum absolute atomic E-state index is 12.4. The zero-order chi connectivity index (χ0) is 15.5. The van der Waals surface area contributed by atoms with E-state index in [9.17, 15) is 4.79 Å². The van der Waals surface area contributed by atoms with Gasteiger partial charge in [-0.3, -0.25) is 4.79 Å². The van der Waals surface area contributed by atoms with E-state index in [2.05, 4.69) is 31.9 Å². The Morgan fingerprint density at radius 3 is 2.19 bits per heavy atom. The molecule has 2 aromatic carbocycles. The van der Waals surface area contributed by atoms with Gasteiger partial charge in [-0.1, -0.05) is 92.0 Å². The number of benzene rings is 2. The fraction of sp³-hybridized carbons (Fsp3) is 0.235. The molecule has 0 aliphatic carbocycles. The highest BCUT2D eigenvalue weighted by atomic mass is 79.9. The Hall–Kier alpha value is -1.13. The minimum absolute atomic E-state index is 0.249. The first-order valence-electron chi connectivity index (χ1n) is 6.53. The zero-order valence-corrected chi connectivity index (χ0v) is 15.0. The topological polar surface area (TPSA) is 26.3 Å². The molecule has 0 bridgehead atoms. The molecule has 0 radical (unpaired) electrons. The second-order valence-electron chi connectivity index (χ2n) is 4.84. The van der Waals surface area contributed by atoms with Gasteiger partial charge in [0.05, 0.1) is 11.9 Å². The van der Waals surface area contributed by atoms with E-state index in [0.717, 1.165) is 16.7 Å². The second kappa shape index (κ2) is 6.75. The van der Waals surface area contributed by atoms with Crippen molar-refractivity contribution in [3.8, 4) is 0 Å². The molecule has 0 spiro atoms. The van der Waals surface area contributed by atoms with E-state index < -0.39 is 4.32 Å². The summed E-state index contributed by atoms with van der Waals surface area (Å²) in [6.07, 6.45) is 0. The zero-order valence-electron chi connectivity index (χ0n) is 11.8. The summed E-state index contributed by atoms with van der Waals surface area (Å²) in [7, 11) is 1.40. The van der Waals surface area contributed by atoms with Gasteiger partial charge in [0.1, 0.15) is 0 Å². The first-order valence-corrected chi connectivity index (χ1v) is 8.24. The third-order valence-corrected chi connectivity index (χ3v) is 6.46. The molecule has 0 amide bonds. The monoisotopic (exact) mass is 410 g/mol. The normalized spacial score (nSPS) is 15.0. The third-order valence-electron chi connectivity index (χ3n) is 3.40. The van der Waals surface area contributed by atoms with Crippen molar-refractivity contribution in [3.63, 3.8) is 0 Å². The third kappa shape index (κ3) is 3.22. The molecule has 0 saturated heterocycles. The fourth-order valence-corrected chi connectivity index (χ4v) is 3.61. The van der Waals surface area contributed by atoms with E-state index in [4.69, 9.17) is 4.74 Å². The number of ether oxygens (including phenoxy) is 1. The number of carbonyl (C=O) groups excluding carboxylic acids is 1. The highest BCUT2D eigenvalue weighted by molar-refractivity contribution is 9.12. The summed E-state index contributed by atoms with van der Waals surface area (Å²) in [5.74, 6) is -0.336. The summed E-state index contributed by atoms with van der Waals surface area (Å²) in [6.45, 7) is 2.01. The summed E-state index contributed by atoms with van der Waals surface area (Å²) < 4.78 is 4.05. The maximum Gasteiger partial charge on any atom is 0.328 e. The summed E-state index contributed by atoms with van der Waals surface area (Å²) in [5, 5.41) is 0. The minimum atomic E-state index is -0.975. The van der Waals surface area contributed by atoms with Crippen molar-refractivity contribution >= 4 is 37.8 Å². The molecule has 2 atom stereocenters. The SMILES string of the molecule is COC(=O)[C@](Br)(c1ccc(C)cc1)[C@@H](Br)c1ccccc1. The molecule has 0 aliphatic rings. The van der Waals surface area contributed by atoms with Crippen molar-refractivity contribution in [2.45, 2.75) is 16.1 Å².